The lowest BCUT2D eigenvalue weighted by Crippen LogP contribution is -2.31. The number of allylic oxidation sites excluding steroid dienone is 1. The third kappa shape index (κ3) is 4.45. The number of halogens is 2. The number of hydrogen-bond donors (Lipinski definition) is 0. The van der Waals surface area contributed by atoms with E-state index in [1.807, 2.05) is 37.3 Å². The number of rotatable bonds is 5. The second kappa shape index (κ2) is 9.46. The van der Waals surface area contributed by atoms with Crippen LogP contribution in [0.25, 0.3) is 6.08 Å². The first-order valence-corrected chi connectivity index (χ1v) is 11.8. The molecule has 35 heavy (non-hydrogen) atoms. The molecule has 0 atom stereocenters. The van der Waals surface area contributed by atoms with Crippen LogP contribution in [-0.4, -0.2) is 31.6 Å². The quantitative estimate of drug-likeness (QED) is 0.375. The molecule has 0 aromatic heterocycles. The number of methoxy groups -OCH3 is 2. The highest BCUT2D eigenvalue weighted by Crippen LogP contribution is 2.44. The highest BCUT2D eigenvalue weighted by molar-refractivity contribution is 6.42. The second-order valence-electron chi connectivity index (χ2n) is 8.43. The first kappa shape index (κ1) is 23.5. The van der Waals surface area contributed by atoms with E-state index in [0.717, 1.165) is 22.4 Å². The predicted octanol–water partition coefficient (Wildman–Crippen LogP) is 6.29. The third-order valence-electron chi connectivity index (χ3n) is 6.11. The zero-order valence-electron chi connectivity index (χ0n) is 19.5. The van der Waals surface area contributed by atoms with Gasteiger partial charge >= 0.3 is 0 Å². The van der Waals surface area contributed by atoms with Crippen molar-refractivity contribution < 1.29 is 23.7 Å². The van der Waals surface area contributed by atoms with Gasteiger partial charge in [0.15, 0.2) is 5.76 Å². The zero-order chi connectivity index (χ0) is 24.7. The van der Waals surface area contributed by atoms with Gasteiger partial charge in [-0.15, -0.1) is 0 Å². The van der Waals surface area contributed by atoms with E-state index in [1.54, 1.807) is 32.4 Å². The fraction of sp³-hybridized carbons (Fsp3) is 0.222. The van der Waals surface area contributed by atoms with Crippen molar-refractivity contribution >= 4 is 35.1 Å². The molecular weight excluding hydrogens is 489 g/mol. The lowest BCUT2D eigenvalue weighted by molar-refractivity contribution is 0.0872. The highest BCUT2D eigenvalue weighted by Gasteiger charge is 2.35. The Balaban J connectivity index is 1.46. The number of ketones is 1. The van der Waals surface area contributed by atoms with Crippen molar-refractivity contribution in [3.05, 3.63) is 86.1 Å². The molecule has 5 rings (SSSR count). The lowest BCUT2D eigenvalue weighted by Gasteiger charge is -2.30. The van der Waals surface area contributed by atoms with Gasteiger partial charge in [-0.25, -0.2) is 0 Å². The smallest absolute Gasteiger partial charge is 0.232 e. The van der Waals surface area contributed by atoms with Crippen LogP contribution in [0, 0.1) is 6.92 Å². The molecule has 8 heteroatoms. The van der Waals surface area contributed by atoms with Crippen LogP contribution >= 0.6 is 23.2 Å². The van der Waals surface area contributed by atoms with Gasteiger partial charge < -0.3 is 18.9 Å². The normalized spacial score (nSPS) is 15.9. The Kier molecular flexibility index (Phi) is 6.36. The van der Waals surface area contributed by atoms with Crippen LogP contribution in [0.5, 0.6) is 23.0 Å². The van der Waals surface area contributed by atoms with Crippen LogP contribution in [0.3, 0.4) is 0 Å². The average molecular weight is 512 g/mol. The number of hydrogen-bond acceptors (Lipinski definition) is 6. The Hall–Kier alpha value is -3.19. The topological polar surface area (TPSA) is 57.2 Å². The van der Waals surface area contributed by atoms with Gasteiger partial charge in [-0.2, -0.15) is 0 Å². The number of aryl methyl sites for hydroxylation is 1. The fourth-order valence-corrected chi connectivity index (χ4v) is 4.67. The van der Waals surface area contributed by atoms with Crippen molar-refractivity contribution in [3.8, 4) is 23.0 Å². The van der Waals surface area contributed by atoms with E-state index in [0.29, 0.717) is 58.2 Å². The van der Waals surface area contributed by atoms with E-state index in [9.17, 15) is 4.79 Å². The fourth-order valence-electron chi connectivity index (χ4n) is 4.35. The van der Waals surface area contributed by atoms with Crippen molar-refractivity contribution in [2.45, 2.75) is 20.0 Å². The Morgan fingerprint density at radius 2 is 1.89 bits per heavy atom. The molecule has 0 aliphatic carbocycles. The van der Waals surface area contributed by atoms with Crippen molar-refractivity contribution in [2.24, 2.45) is 0 Å². The maximum atomic E-state index is 13.3. The molecule has 0 N–H and O–H groups in total. The van der Waals surface area contributed by atoms with Crippen molar-refractivity contribution in [3.63, 3.8) is 0 Å². The van der Waals surface area contributed by atoms with Crippen LogP contribution in [0.2, 0.25) is 10.0 Å². The molecule has 3 aromatic carbocycles. The molecule has 0 bridgehead atoms. The van der Waals surface area contributed by atoms with Crippen LogP contribution < -0.4 is 18.9 Å². The van der Waals surface area contributed by atoms with E-state index in [2.05, 4.69) is 4.90 Å². The molecule has 0 amide bonds. The molecule has 6 nitrogen and oxygen atoms in total. The second-order valence-corrected chi connectivity index (χ2v) is 9.25. The van der Waals surface area contributed by atoms with E-state index >= 15 is 0 Å². The largest absolute Gasteiger partial charge is 0.497 e. The summed E-state index contributed by atoms with van der Waals surface area (Å²) in [6.45, 7) is 3.47. The van der Waals surface area contributed by atoms with Gasteiger partial charge in [-0.05, 0) is 54.5 Å². The summed E-state index contributed by atoms with van der Waals surface area (Å²) in [5.74, 6) is 2.58. The first-order chi connectivity index (χ1) is 16.9. The maximum absolute atomic E-state index is 13.3. The van der Waals surface area contributed by atoms with Gasteiger partial charge in [0.2, 0.25) is 5.78 Å². The molecule has 2 aliphatic rings. The molecular formula is C27H23Cl2NO5. The monoisotopic (exact) mass is 511 g/mol. The third-order valence-corrected chi connectivity index (χ3v) is 6.84. The average Bonchev–Trinajstić information content (AvgIpc) is 3.19. The van der Waals surface area contributed by atoms with Crippen molar-refractivity contribution in [2.75, 3.05) is 21.0 Å². The molecule has 0 spiro atoms. The van der Waals surface area contributed by atoms with Gasteiger partial charge in [-0.3, -0.25) is 9.69 Å². The molecule has 0 unspecified atom stereocenters. The van der Waals surface area contributed by atoms with Crippen LogP contribution in [-0.2, 0) is 13.1 Å². The van der Waals surface area contributed by atoms with Crippen molar-refractivity contribution in [1.82, 2.24) is 4.90 Å². The summed E-state index contributed by atoms with van der Waals surface area (Å²) in [6, 6.07) is 12.9. The van der Waals surface area contributed by atoms with Crippen LogP contribution in [0.1, 0.15) is 32.6 Å². The molecule has 3 aromatic rings. The minimum absolute atomic E-state index is 0.167. The molecule has 0 radical (unpaired) electrons. The van der Waals surface area contributed by atoms with Gasteiger partial charge in [0.05, 0.1) is 35.4 Å². The molecule has 180 valence electrons. The van der Waals surface area contributed by atoms with Crippen molar-refractivity contribution in [1.29, 1.82) is 0 Å². The summed E-state index contributed by atoms with van der Waals surface area (Å²) in [7, 11) is 3.16. The summed E-state index contributed by atoms with van der Waals surface area (Å²) in [4.78, 5) is 15.4. The van der Waals surface area contributed by atoms with Gasteiger partial charge in [0.25, 0.3) is 0 Å². The molecule has 2 heterocycles. The Bertz CT molecular complexity index is 1370. The van der Waals surface area contributed by atoms with Crippen LogP contribution in [0.4, 0.5) is 0 Å². The molecule has 0 saturated carbocycles. The predicted molar refractivity (Wildman–Crippen MR) is 135 cm³/mol. The van der Waals surface area contributed by atoms with Gasteiger partial charge in [0.1, 0.15) is 29.7 Å². The Labute approximate surface area is 213 Å². The van der Waals surface area contributed by atoms with E-state index in [1.165, 1.54) is 0 Å². The number of ether oxygens (including phenoxy) is 4. The number of benzene rings is 3. The summed E-state index contributed by atoms with van der Waals surface area (Å²) in [5.41, 5.74) is 3.94. The van der Waals surface area contributed by atoms with Crippen LogP contribution in [0.15, 0.2) is 48.2 Å². The number of carbonyl (C=O) groups is 1. The SMILES string of the molecule is COc1ccc(/C=C2\Oc3c4c(cc(C)c3C2=O)OCN(Cc2ccc(Cl)c(Cl)c2)C4)c(OC)c1. The first-order valence-electron chi connectivity index (χ1n) is 11.0. The number of nitrogens with zero attached hydrogens (tertiary/aromatic N) is 1. The maximum Gasteiger partial charge on any atom is 0.232 e. The summed E-state index contributed by atoms with van der Waals surface area (Å²) < 4.78 is 23.0. The van der Waals surface area contributed by atoms with Gasteiger partial charge in [0, 0.05) is 24.7 Å². The Morgan fingerprint density at radius 1 is 1.06 bits per heavy atom. The zero-order valence-corrected chi connectivity index (χ0v) is 21.0. The minimum atomic E-state index is -0.167. The molecule has 2 aliphatic heterocycles. The minimum Gasteiger partial charge on any atom is -0.497 e. The van der Waals surface area contributed by atoms with Gasteiger partial charge in [-0.1, -0.05) is 29.3 Å². The molecule has 0 fully saturated rings. The summed E-state index contributed by atoms with van der Waals surface area (Å²) in [5, 5.41) is 1.03. The Morgan fingerprint density at radius 3 is 2.63 bits per heavy atom. The number of Topliss-reactive ketones (excluding diaryl/α,β-unsaturated/α-hetero) is 1. The number of carbonyl (C=O) groups excluding carboxylic acids is 1. The number of fused-ring (bicyclic) bond motifs is 3. The van der Waals surface area contributed by atoms with E-state index in [4.69, 9.17) is 42.1 Å². The van der Waals surface area contributed by atoms with E-state index in [-0.39, 0.29) is 11.5 Å². The summed E-state index contributed by atoms with van der Waals surface area (Å²) in [6.07, 6.45) is 1.70. The lowest BCUT2D eigenvalue weighted by atomic mass is 9.98. The standard InChI is InChI=1S/C27H23Cl2NO5/c1-15-8-23-19(13-30(14-34-23)12-16-4-7-20(28)21(29)9-16)27-25(15)26(31)24(35-27)10-17-5-6-18(32-2)11-22(17)33-3/h4-11H,12-14H2,1-3H3/b24-10-. The van der Waals surface area contributed by atoms with E-state index < -0.39 is 0 Å². The summed E-state index contributed by atoms with van der Waals surface area (Å²) >= 11 is 12.2. The molecule has 0 saturated heterocycles. The highest BCUT2D eigenvalue weighted by atomic mass is 35.5.